The summed E-state index contributed by atoms with van der Waals surface area (Å²) in [6, 6.07) is 1.80. The molecule has 0 aliphatic heterocycles. The second-order valence-corrected chi connectivity index (χ2v) is 12.4. The molecule has 1 heterocycles. The Bertz CT molecular complexity index is 945. The number of hydrogen-bond acceptors (Lipinski definition) is 4. The number of fused-ring (bicyclic) bond motifs is 5. The van der Waals surface area contributed by atoms with Gasteiger partial charge in [0.05, 0.1) is 17.4 Å². The summed E-state index contributed by atoms with van der Waals surface area (Å²) in [5.74, 6) is 3.14. The van der Waals surface area contributed by atoms with Crippen LogP contribution in [0.15, 0.2) is 12.4 Å². The SMILES string of the molecule is C[C@@H](C(=O)[C@H]1CC[C@H]2[C@@H]3CC[C@@H]4C[C@](C)(O)CC[C@]4(C)[C@H]3CC[C@]12C)n1cc(C#N)cn1. The Morgan fingerprint density at radius 2 is 1.88 bits per heavy atom. The van der Waals surface area contributed by atoms with Gasteiger partial charge in [0.1, 0.15) is 12.1 Å². The van der Waals surface area contributed by atoms with E-state index in [4.69, 9.17) is 5.26 Å². The minimum atomic E-state index is -0.487. The van der Waals surface area contributed by atoms with Crippen LogP contribution in [0.25, 0.3) is 0 Å². The number of ketones is 1. The van der Waals surface area contributed by atoms with E-state index >= 15 is 0 Å². The van der Waals surface area contributed by atoms with E-state index in [1.807, 2.05) is 13.8 Å². The van der Waals surface area contributed by atoms with Gasteiger partial charge in [0.2, 0.25) is 0 Å². The molecule has 0 bridgehead atoms. The third-order valence-electron chi connectivity index (χ3n) is 10.8. The van der Waals surface area contributed by atoms with Crippen LogP contribution in [0.2, 0.25) is 0 Å². The number of nitrogens with zero attached hydrogens (tertiary/aromatic N) is 3. The molecule has 0 unspecified atom stereocenters. The highest BCUT2D eigenvalue weighted by Gasteiger charge is 2.62. The molecule has 0 aromatic carbocycles. The zero-order valence-corrected chi connectivity index (χ0v) is 20.2. The van der Waals surface area contributed by atoms with Crippen LogP contribution in [0.1, 0.15) is 97.1 Å². The standard InChI is InChI=1S/C27H39N3O2/c1-17(30-16-18(14-28)15-29-30)24(31)23-8-7-21-20-6-5-19-13-25(2,32)11-12-26(19,3)22(20)9-10-27(21,23)4/h15-17,19-23,32H,5-13H2,1-4H3/t17-,19+,20-,21-,22-,23+,25+,26-,27-/m0/s1. The molecule has 4 fully saturated rings. The zero-order chi connectivity index (χ0) is 22.9. The lowest BCUT2D eigenvalue weighted by molar-refractivity contribution is -0.151. The lowest BCUT2D eigenvalue weighted by Gasteiger charge is -2.61. The van der Waals surface area contributed by atoms with Crippen LogP contribution in [-0.2, 0) is 4.79 Å². The van der Waals surface area contributed by atoms with Crippen LogP contribution in [0.4, 0.5) is 0 Å². The van der Waals surface area contributed by atoms with Gasteiger partial charge in [-0.3, -0.25) is 9.48 Å². The monoisotopic (exact) mass is 437 g/mol. The maximum atomic E-state index is 13.7. The molecule has 1 aromatic heterocycles. The Kier molecular flexibility index (Phi) is 5.13. The highest BCUT2D eigenvalue weighted by atomic mass is 16.3. The fourth-order valence-electron chi connectivity index (χ4n) is 8.93. The number of aromatic nitrogens is 2. The van der Waals surface area contributed by atoms with Crippen LogP contribution in [-0.4, -0.2) is 26.3 Å². The number of Topliss-reactive ketones (excluding diaryl/α,β-unsaturated/α-hetero) is 1. The molecule has 5 rings (SSSR count). The van der Waals surface area contributed by atoms with Crippen molar-refractivity contribution >= 4 is 5.78 Å². The Morgan fingerprint density at radius 1 is 1.12 bits per heavy atom. The average Bonchev–Trinajstić information content (AvgIpc) is 3.37. The van der Waals surface area contributed by atoms with E-state index in [0.717, 1.165) is 43.9 Å². The number of hydrogen-bond donors (Lipinski definition) is 1. The van der Waals surface area contributed by atoms with Gasteiger partial charge in [-0.2, -0.15) is 10.4 Å². The number of carbonyl (C=O) groups excluding carboxylic acids is 1. The van der Waals surface area contributed by atoms with Crippen molar-refractivity contribution in [3.63, 3.8) is 0 Å². The van der Waals surface area contributed by atoms with E-state index < -0.39 is 5.60 Å². The van der Waals surface area contributed by atoms with Gasteiger partial charge in [-0.25, -0.2) is 0 Å². The predicted octanol–water partition coefficient (Wildman–Crippen LogP) is 5.29. The van der Waals surface area contributed by atoms with Crippen molar-refractivity contribution in [1.82, 2.24) is 9.78 Å². The second kappa shape index (κ2) is 7.42. The second-order valence-electron chi connectivity index (χ2n) is 12.4. The zero-order valence-electron chi connectivity index (χ0n) is 20.2. The molecule has 1 aromatic rings. The van der Waals surface area contributed by atoms with E-state index in [2.05, 4.69) is 25.0 Å². The minimum Gasteiger partial charge on any atom is -0.390 e. The molecule has 174 valence electrons. The van der Waals surface area contributed by atoms with Crippen molar-refractivity contribution in [2.45, 2.75) is 97.1 Å². The first-order valence-electron chi connectivity index (χ1n) is 12.8. The first-order valence-corrected chi connectivity index (χ1v) is 12.8. The average molecular weight is 438 g/mol. The Hall–Kier alpha value is -1.67. The molecule has 4 aliphatic carbocycles. The third kappa shape index (κ3) is 3.20. The molecule has 0 amide bonds. The van der Waals surface area contributed by atoms with E-state index in [9.17, 15) is 9.90 Å². The van der Waals surface area contributed by atoms with Crippen LogP contribution in [0.3, 0.4) is 0 Å². The Balaban J connectivity index is 1.36. The molecule has 5 heteroatoms. The van der Waals surface area contributed by atoms with Crippen molar-refractivity contribution in [3.8, 4) is 6.07 Å². The fourth-order valence-corrected chi connectivity index (χ4v) is 8.93. The van der Waals surface area contributed by atoms with Crippen LogP contribution >= 0.6 is 0 Å². The summed E-state index contributed by atoms with van der Waals surface area (Å²) in [6.07, 6.45) is 13.3. The van der Waals surface area contributed by atoms with Gasteiger partial charge < -0.3 is 5.11 Å². The van der Waals surface area contributed by atoms with Gasteiger partial charge >= 0.3 is 0 Å². The van der Waals surface area contributed by atoms with E-state index in [-0.39, 0.29) is 17.4 Å². The largest absolute Gasteiger partial charge is 0.390 e. The number of nitriles is 1. The van der Waals surface area contributed by atoms with Crippen molar-refractivity contribution < 1.29 is 9.90 Å². The number of rotatable bonds is 3. The van der Waals surface area contributed by atoms with Gasteiger partial charge in [-0.05, 0) is 106 Å². The smallest absolute Gasteiger partial charge is 0.160 e. The quantitative estimate of drug-likeness (QED) is 0.696. The van der Waals surface area contributed by atoms with Crippen LogP contribution in [0.5, 0.6) is 0 Å². The first-order chi connectivity index (χ1) is 15.1. The van der Waals surface area contributed by atoms with Gasteiger partial charge in [0.25, 0.3) is 0 Å². The van der Waals surface area contributed by atoms with Gasteiger partial charge in [-0.15, -0.1) is 0 Å². The normalized spacial score (nSPS) is 46.4. The van der Waals surface area contributed by atoms with Crippen molar-refractivity contribution in [1.29, 1.82) is 5.26 Å². The summed E-state index contributed by atoms with van der Waals surface area (Å²) in [5.41, 5.74) is 0.460. The molecule has 0 spiro atoms. The summed E-state index contributed by atoms with van der Waals surface area (Å²) < 4.78 is 1.68. The molecule has 0 radical (unpaired) electrons. The molecule has 5 nitrogen and oxygen atoms in total. The van der Waals surface area contributed by atoms with Gasteiger partial charge in [0.15, 0.2) is 5.78 Å². The van der Waals surface area contributed by atoms with Crippen molar-refractivity contribution in [2.75, 3.05) is 0 Å². The summed E-state index contributed by atoms with van der Waals surface area (Å²) >= 11 is 0. The molecular weight excluding hydrogens is 398 g/mol. The number of aliphatic hydroxyl groups is 1. The maximum absolute atomic E-state index is 13.7. The Morgan fingerprint density at radius 3 is 2.59 bits per heavy atom. The molecular formula is C27H39N3O2. The molecule has 1 N–H and O–H groups in total. The molecule has 4 aliphatic rings. The van der Waals surface area contributed by atoms with E-state index in [0.29, 0.717) is 28.6 Å². The minimum absolute atomic E-state index is 0.0844. The first kappa shape index (κ1) is 22.1. The summed E-state index contributed by atoms with van der Waals surface area (Å²) in [7, 11) is 0. The van der Waals surface area contributed by atoms with Crippen LogP contribution < -0.4 is 0 Å². The summed E-state index contributed by atoms with van der Waals surface area (Å²) in [5, 5.41) is 24.1. The molecule has 0 saturated heterocycles. The molecule has 9 atom stereocenters. The summed E-state index contributed by atoms with van der Waals surface area (Å²) in [6.45, 7) is 8.90. The van der Waals surface area contributed by atoms with Crippen LogP contribution in [0, 0.1) is 51.8 Å². The highest BCUT2D eigenvalue weighted by molar-refractivity contribution is 5.85. The maximum Gasteiger partial charge on any atom is 0.160 e. The Labute approximate surface area is 192 Å². The van der Waals surface area contributed by atoms with E-state index in [1.54, 1.807) is 17.1 Å². The third-order valence-corrected chi connectivity index (χ3v) is 10.8. The predicted molar refractivity (Wildman–Crippen MR) is 123 cm³/mol. The lowest BCUT2D eigenvalue weighted by atomic mass is 9.44. The molecule has 32 heavy (non-hydrogen) atoms. The highest BCUT2D eigenvalue weighted by Crippen LogP contribution is 2.68. The molecule has 4 saturated carbocycles. The fraction of sp³-hybridized carbons (Fsp3) is 0.815. The van der Waals surface area contributed by atoms with Gasteiger partial charge in [-0.1, -0.05) is 13.8 Å². The van der Waals surface area contributed by atoms with Gasteiger partial charge in [0, 0.05) is 12.1 Å². The lowest BCUT2D eigenvalue weighted by Crippen LogP contribution is -2.55. The topological polar surface area (TPSA) is 78.9 Å². The summed E-state index contributed by atoms with van der Waals surface area (Å²) in [4.78, 5) is 13.7. The van der Waals surface area contributed by atoms with E-state index in [1.165, 1.54) is 25.7 Å². The van der Waals surface area contributed by atoms with Crippen molar-refractivity contribution in [3.05, 3.63) is 18.0 Å². The van der Waals surface area contributed by atoms with Crippen molar-refractivity contribution in [2.24, 2.45) is 40.4 Å². The number of carbonyl (C=O) groups is 1.